The van der Waals surface area contributed by atoms with Crippen molar-refractivity contribution in [2.75, 3.05) is 41.1 Å². The zero-order valence-corrected chi connectivity index (χ0v) is 24.4. The number of amides is 1. The molecule has 13 heteroatoms. The van der Waals surface area contributed by atoms with Crippen LogP contribution in [-0.4, -0.2) is 71.1 Å². The second-order valence-electron chi connectivity index (χ2n) is 10.6. The van der Waals surface area contributed by atoms with E-state index >= 15 is 0 Å². The second-order valence-corrected chi connectivity index (χ2v) is 12.3. The molecule has 0 aliphatic carbocycles. The van der Waals surface area contributed by atoms with E-state index in [2.05, 4.69) is 29.9 Å². The summed E-state index contributed by atoms with van der Waals surface area (Å²) in [4.78, 5) is 34.0. The lowest BCUT2D eigenvalue weighted by molar-refractivity contribution is 0.0240. The molecule has 4 aromatic rings. The zero-order valence-electron chi connectivity index (χ0n) is 23.6. The van der Waals surface area contributed by atoms with E-state index in [1.807, 2.05) is 32.9 Å². The van der Waals surface area contributed by atoms with Crippen molar-refractivity contribution in [3.63, 3.8) is 0 Å². The van der Waals surface area contributed by atoms with Crippen molar-refractivity contribution in [2.24, 2.45) is 0 Å². The third kappa shape index (κ3) is 7.29. The largest absolute Gasteiger partial charge is 0.444 e. The third-order valence-corrected chi connectivity index (χ3v) is 7.64. The highest BCUT2D eigenvalue weighted by Gasteiger charge is 2.26. The van der Waals surface area contributed by atoms with Gasteiger partial charge in [0, 0.05) is 56.4 Å². The topological polar surface area (TPSA) is 143 Å². The van der Waals surface area contributed by atoms with Crippen molar-refractivity contribution >= 4 is 39.3 Å². The Morgan fingerprint density at radius 3 is 2.36 bits per heavy atom. The van der Waals surface area contributed by atoms with Crippen molar-refractivity contribution in [3.8, 4) is 11.3 Å². The number of aromatic nitrogens is 4. The summed E-state index contributed by atoms with van der Waals surface area (Å²) in [5.74, 6) is 1.55. The average Bonchev–Trinajstić information content (AvgIpc) is 2.97. The number of sulfonamides is 1. The molecule has 1 amide bonds. The van der Waals surface area contributed by atoms with Gasteiger partial charge in [0.25, 0.3) is 10.0 Å². The first-order valence-corrected chi connectivity index (χ1v) is 14.9. The number of rotatable bonds is 7. The molecule has 1 aromatic carbocycles. The van der Waals surface area contributed by atoms with E-state index in [1.165, 1.54) is 12.1 Å². The normalized spacial score (nSPS) is 13.9. The molecule has 0 saturated carbocycles. The molecule has 42 heavy (non-hydrogen) atoms. The minimum Gasteiger partial charge on any atom is -0.444 e. The molecule has 3 aromatic heterocycles. The van der Waals surface area contributed by atoms with E-state index in [0.29, 0.717) is 49.2 Å². The number of pyridine rings is 2. The van der Waals surface area contributed by atoms with E-state index in [4.69, 9.17) is 9.72 Å². The minimum atomic E-state index is -3.85. The summed E-state index contributed by atoms with van der Waals surface area (Å²) in [5, 5.41) is 3.09. The molecule has 0 atom stereocenters. The molecule has 5 rings (SSSR count). The number of anilines is 4. The van der Waals surface area contributed by atoms with Crippen LogP contribution in [-0.2, 0) is 14.8 Å². The van der Waals surface area contributed by atoms with Crippen molar-refractivity contribution in [3.05, 3.63) is 79.4 Å². The van der Waals surface area contributed by atoms with Gasteiger partial charge in [0.15, 0.2) is 0 Å². The van der Waals surface area contributed by atoms with Crippen LogP contribution in [0.25, 0.3) is 11.3 Å². The van der Waals surface area contributed by atoms with Gasteiger partial charge in [-0.15, -0.1) is 0 Å². The maximum absolute atomic E-state index is 13.1. The first kappa shape index (κ1) is 28.7. The van der Waals surface area contributed by atoms with Crippen LogP contribution in [0.1, 0.15) is 20.8 Å². The minimum absolute atomic E-state index is 0.142. The Kier molecular flexibility index (Phi) is 8.20. The molecular weight excluding hydrogens is 556 g/mol. The van der Waals surface area contributed by atoms with Crippen LogP contribution in [0.2, 0.25) is 0 Å². The smallest absolute Gasteiger partial charge is 0.410 e. The molecule has 0 spiro atoms. The monoisotopic (exact) mass is 588 g/mol. The molecule has 0 radical (unpaired) electrons. The quantitative estimate of drug-likeness (QED) is 0.316. The molecule has 1 saturated heterocycles. The van der Waals surface area contributed by atoms with E-state index < -0.39 is 15.6 Å². The molecular formula is C29H32N8O4S. The molecule has 12 nitrogen and oxygen atoms in total. The number of nitrogens with one attached hydrogen (secondary N) is 2. The molecule has 2 N–H and O–H groups in total. The highest BCUT2D eigenvalue weighted by atomic mass is 32.2. The lowest BCUT2D eigenvalue weighted by Crippen LogP contribution is -2.50. The van der Waals surface area contributed by atoms with Gasteiger partial charge >= 0.3 is 6.09 Å². The Labute approximate surface area is 244 Å². The van der Waals surface area contributed by atoms with Gasteiger partial charge in [0.2, 0.25) is 0 Å². The Morgan fingerprint density at radius 1 is 0.905 bits per heavy atom. The van der Waals surface area contributed by atoms with Crippen LogP contribution in [0, 0.1) is 0 Å². The Morgan fingerprint density at radius 2 is 1.67 bits per heavy atom. The van der Waals surface area contributed by atoms with Crippen LogP contribution < -0.4 is 14.9 Å². The average molecular weight is 589 g/mol. The summed E-state index contributed by atoms with van der Waals surface area (Å²) in [6.45, 7) is 7.71. The lowest BCUT2D eigenvalue weighted by Gasteiger charge is -2.36. The maximum atomic E-state index is 13.1. The van der Waals surface area contributed by atoms with Crippen molar-refractivity contribution in [1.82, 2.24) is 24.8 Å². The van der Waals surface area contributed by atoms with Gasteiger partial charge in [0.05, 0.1) is 22.5 Å². The van der Waals surface area contributed by atoms with Gasteiger partial charge in [-0.2, -0.15) is 0 Å². The van der Waals surface area contributed by atoms with E-state index in [9.17, 15) is 13.2 Å². The number of hydrogen-bond acceptors (Lipinski definition) is 10. The van der Waals surface area contributed by atoms with Gasteiger partial charge in [-0.3, -0.25) is 9.71 Å². The molecule has 218 valence electrons. The fourth-order valence-corrected chi connectivity index (χ4v) is 5.37. The molecule has 1 aliphatic heterocycles. The highest BCUT2D eigenvalue weighted by Crippen LogP contribution is 2.29. The molecule has 0 unspecified atom stereocenters. The lowest BCUT2D eigenvalue weighted by atomic mass is 10.1. The Balaban J connectivity index is 1.41. The van der Waals surface area contributed by atoms with Gasteiger partial charge in [-0.25, -0.2) is 28.2 Å². The number of piperazine rings is 1. The van der Waals surface area contributed by atoms with Crippen LogP contribution >= 0.6 is 0 Å². The van der Waals surface area contributed by atoms with Gasteiger partial charge in [-0.05, 0) is 51.1 Å². The summed E-state index contributed by atoms with van der Waals surface area (Å²) < 4.78 is 34.4. The molecule has 4 heterocycles. The van der Waals surface area contributed by atoms with Gasteiger partial charge < -0.3 is 19.9 Å². The third-order valence-electron chi connectivity index (χ3n) is 6.25. The molecule has 1 fully saturated rings. The fourth-order valence-electron chi connectivity index (χ4n) is 4.31. The van der Waals surface area contributed by atoms with Crippen LogP contribution in [0.4, 0.5) is 27.9 Å². The predicted octanol–water partition coefficient (Wildman–Crippen LogP) is 4.54. The van der Waals surface area contributed by atoms with Gasteiger partial charge in [0.1, 0.15) is 23.1 Å². The number of carbonyl (C=O) groups is 1. The maximum Gasteiger partial charge on any atom is 0.410 e. The summed E-state index contributed by atoms with van der Waals surface area (Å²) in [7, 11) is -3.85. The number of carbonyl (C=O) groups excluding carboxylic acids is 1. The van der Waals surface area contributed by atoms with Crippen molar-refractivity contribution in [1.29, 1.82) is 0 Å². The Hall–Kier alpha value is -4.78. The standard InChI is InChI=1S/C29H32N8O4S/c1-29(2,3)41-28(38)37-15-13-36(14-16-37)27-17-21(9-10-32-27)24-18-22(35-42(39,40)23-7-5-4-6-8-23)19-25(33-24)34-26-20-30-11-12-31-26/h4-12,17-20H,13-16H2,1-3H3,(H2,31,33,34,35). The van der Waals surface area contributed by atoms with E-state index in [-0.39, 0.29) is 11.0 Å². The first-order valence-electron chi connectivity index (χ1n) is 13.4. The summed E-state index contributed by atoms with van der Waals surface area (Å²) in [6.07, 6.45) is 6.00. The number of benzene rings is 1. The number of hydrogen-bond donors (Lipinski definition) is 2. The second kappa shape index (κ2) is 12.0. The Bertz CT molecular complexity index is 1640. The van der Waals surface area contributed by atoms with Crippen molar-refractivity contribution in [2.45, 2.75) is 31.3 Å². The van der Waals surface area contributed by atoms with Crippen LogP contribution in [0.5, 0.6) is 0 Å². The highest BCUT2D eigenvalue weighted by molar-refractivity contribution is 7.92. The summed E-state index contributed by atoms with van der Waals surface area (Å²) in [6, 6.07) is 15.1. The first-order chi connectivity index (χ1) is 20.1. The van der Waals surface area contributed by atoms with Crippen LogP contribution in [0.3, 0.4) is 0 Å². The zero-order chi connectivity index (χ0) is 29.7. The van der Waals surface area contributed by atoms with Crippen molar-refractivity contribution < 1.29 is 17.9 Å². The van der Waals surface area contributed by atoms with E-state index in [0.717, 1.165) is 11.4 Å². The van der Waals surface area contributed by atoms with Crippen LogP contribution in [0.15, 0.2) is 84.3 Å². The number of nitrogens with zero attached hydrogens (tertiary/aromatic N) is 6. The summed E-state index contributed by atoms with van der Waals surface area (Å²) in [5.41, 5.74) is 1.02. The summed E-state index contributed by atoms with van der Waals surface area (Å²) >= 11 is 0. The predicted molar refractivity (Wildman–Crippen MR) is 160 cm³/mol. The fraction of sp³-hybridized carbons (Fsp3) is 0.276. The number of ether oxygens (including phenoxy) is 1. The molecule has 1 aliphatic rings. The SMILES string of the molecule is CC(C)(C)OC(=O)N1CCN(c2cc(-c3cc(NS(=O)(=O)c4ccccc4)cc(Nc4cnccn4)n3)ccn2)CC1. The van der Waals surface area contributed by atoms with E-state index in [1.54, 1.807) is 60.0 Å². The molecule has 0 bridgehead atoms. The van der Waals surface area contributed by atoms with Gasteiger partial charge in [-0.1, -0.05) is 18.2 Å².